The van der Waals surface area contributed by atoms with Crippen molar-refractivity contribution in [3.05, 3.63) is 64.9 Å². The van der Waals surface area contributed by atoms with Crippen LogP contribution in [0, 0.1) is 0 Å². The summed E-state index contributed by atoms with van der Waals surface area (Å²) < 4.78 is 5.34. The molecule has 0 radical (unpaired) electrons. The van der Waals surface area contributed by atoms with Crippen molar-refractivity contribution in [2.24, 2.45) is 15.9 Å². The first-order valence-corrected chi connectivity index (χ1v) is 8.11. The molecule has 6 nitrogen and oxygen atoms in total. The van der Waals surface area contributed by atoms with Crippen LogP contribution in [0.2, 0.25) is 5.02 Å². The molecule has 2 aromatic carbocycles. The Bertz CT molecular complexity index is 904. The van der Waals surface area contributed by atoms with Gasteiger partial charge in [0.1, 0.15) is 18.2 Å². The maximum absolute atomic E-state index is 6.38. The number of fused-ring (bicyclic) bond motifs is 1. The Labute approximate surface area is 150 Å². The summed E-state index contributed by atoms with van der Waals surface area (Å²) in [5, 5.41) is 8.97. The van der Waals surface area contributed by atoms with Crippen LogP contribution in [-0.2, 0) is 0 Å². The van der Waals surface area contributed by atoms with Gasteiger partial charge in [-0.15, -0.1) is 5.10 Å². The summed E-state index contributed by atoms with van der Waals surface area (Å²) in [7, 11) is 1.65. The molecular formula is C18H16ClN5O. The molecule has 2 aromatic rings. The molecule has 126 valence electrons. The molecule has 0 fully saturated rings. The van der Waals surface area contributed by atoms with Crippen LogP contribution in [0.25, 0.3) is 0 Å². The molecule has 2 aliphatic rings. The maximum Gasteiger partial charge on any atom is 0.169 e. The lowest BCUT2D eigenvalue weighted by Gasteiger charge is -2.38. The Morgan fingerprint density at radius 3 is 2.64 bits per heavy atom. The van der Waals surface area contributed by atoms with Gasteiger partial charge in [-0.1, -0.05) is 17.7 Å². The highest BCUT2D eigenvalue weighted by atomic mass is 35.5. The van der Waals surface area contributed by atoms with Crippen molar-refractivity contribution in [1.29, 1.82) is 0 Å². The smallest absolute Gasteiger partial charge is 0.169 e. The maximum atomic E-state index is 6.38. The van der Waals surface area contributed by atoms with E-state index >= 15 is 0 Å². The molecule has 0 saturated heterocycles. The summed E-state index contributed by atoms with van der Waals surface area (Å²) in [5.41, 5.74) is 9.07. The molecule has 0 atom stereocenters. The predicted octanol–water partition coefficient (Wildman–Crippen LogP) is 3.20. The van der Waals surface area contributed by atoms with Gasteiger partial charge in [0, 0.05) is 22.5 Å². The second-order valence-electron chi connectivity index (χ2n) is 5.64. The molecule has 0 bridgehead atoms. The molecule has 2 heterocycles. The Balaban J connectivity index is 1.78. The molecule has 0 amide bonds. The van der Waals surface area contributed by atoms with Gasteiger partial charge in [0.05, 0.1) is 18.9 Å². The minimum absolute atomic E-state index is 0.506. The van der Waals surface area contributed by atoms with Gasteiger partial charge < -0.3 is 20.3 Å². The van der Waals surface area contributed by atoms with Crippen molar-refractivity contribution in [3.8, 4) is 5.75 Å². The molecule has 0 aromatic heterocycles. The number of amidine groups is 1. The largest absolute Gasteiger partial charge is 0.497 e. The molecule has 0 unspecified atom stereocenters. The van der Waals surface area contributed by atoms with Gasteiger partial charge in [0.25, 0.3) is 0 Å². The van der Waals surface area contributed by atoms with E-state index in [4.69, 9.17) is 22.1 Å². The first-order chi connectivity index (χ1) is 12.2. The van der Waals surface area contributed by atoms with E-state index in [1.807, 2.05) is 53.4 Å². The van der Waals surface area contributed by atoms with Crippen molar-refractivity contribution in [2.75, 3.05) is 23.6 Å². The number of ether oxygens (including phenoxy) is 1. The number of halogens is 1. The Morgan fingerprint density at radius 1 is 1.08 bits per heavy atom. The number of rotatable bonds is 3. The number of anilines is 2. The number of nitrogens with two attached hydrogens (primary N) is 1. The molecule has 4 rings (SSSR count). The fraction of sp³-hybridized carbons (Fsp3) is 0.111. The lowest BCUT2D eigenvalue weighted by molar-refractivity contribution is 0.415. The first-order valence-electron chi connectivity index (χ1n) is 7.73. The summed E-state index contributed by atoms with van der Waals surface area (Å²) in [4.78, 5) is 4.05. The van der Waals surface area contributed by atoms with Gasteiger partial charge in [-0.05, 0) is 36.4 Å². The topological polar surface area (TPSA) is 66.5 Å². The first kappa shape index (κ1) is 15.5. The van der Waals surface area contributed by atoms with Crippen LogP contribution in [0.1, 0.15) is 0 Å². The van der Waals surface area contributed by atoms with E-state index in [9.17, 15) is 0 Å². The highest BCUT2D eigenvalue weighted by Gasteiger charge is 2.32. The molecular weight excluding hydrogens is 338 g/mol. The van der Waals surface area contributed by atoms with Crippen molar-refractivity contribution in [3.63, 3.8) is 0 Å². The molecule has 25 heavy (non-hydrogen) atoms. The summed E-state index contributed by atoms with van der Waals surface area (Å²) >= 11 is 6.01. The number of benzene rings is 2. The van der Waals surface area contributed by atoms with E-state index in [-0.39, 0.29) is 0 Å². The third-order valence-corrected chi connectivity index (χ3v) is 4.44. The number of hydrogen-bond acceptors (Lipinski definition) is 6. The number of methoxy groups -OCH3 is 1. The minimum atomic E-state index is 0.506. The van der Waals surface area contributed by atoms with Crippen LogP contribution >= 0.6 is 11.6 Å². The second-order valence-corrected chi connectivity index (χ2v) is 6.08. The van der Waals surface area contributed by atoms with Gasteiger partial charge in [-0.2, -0.15) is 5.10 Å². The minimum Gasteiger partial charge on any atom is -0.497 e. The van der Waals surface area contributed by atoms with E-state index < -0.39 is 0 Å². The SMILES string of the molecule is COc1cccc(N2CN(c3ccc(Cl)cc3)C(N)=C3C=NN=C32)c1. The monoisotopic (exact) mass is 353 g/mol. The van der Waals surface area contributed by atoms with Crippen LogP contribution < -0.4 is 20.3 Å². The molecule has 0 aliphatic carbocycles. The molecule has 7 heteroatoms. The van der Waals surface area contributed by atoms with Gasteiger partial charge in [0.15, 0.2) is 5.84 Å². The van der Waals surface area contributed by atoms with Crippen LogP contribution in [0.15, 0.2) is 70.1 Å². The highest BCUT2D eigenvalue weighted by molar-refractivity contribution is 6.30. The Hall–Kier alpha value is -2.99. The number of hydrogen-bond donors (Lipinski definition) is 1. The van der Waals surface area contributed by atoms with Crippen molar-refractivity contribution >= 4 is 35.0 Å². The highest BCUT2D eigenvalue weighted by Crippen LogP contribution is 2.31. The molecule has 0 spiro atoms. The van der Waals surface area contributed by atoms with Gasteiger partial charge in [0.2, 0.25) is 0 Å². The third-order valence-electron chi connectivity index (χ3n) is 4.19. The average molecular weight is 354 g/mol. The quantitative estimate of drug-likeness (QED) is 0.920. The van der Waals surface area contributed by atoms with Crippen LogP contribution in [0.3, 0.4) is 0 Å². The molecule has 0 saturated carbocycles. The lowest BCUT2D eigenvalue weighted by Crippen LogP contribution is -2.49. The summed E-state index contributed by atoms with van der Waals surface area (Å²) in [5.74, 6) is 2.12. The van der Waals surface area contributed by atoms with Crippen LogP contribution in [0.5, 0.6) is 5.75 Å². The average Bonchev–Trinajstić information content (AvgIpc) is 3.13. The van der Waals surface area contributed by atoms with Gasteiger partial charge >= 0.3 is 0 Å². The van der Waals surface area contributed by atoms with E-state index in [0.717, 1.165) is 28.5 Å². The van der Waals surface area contributed by atoms with Crippen LogP contribution in [-0.4, -0.2) is 25.8 Å². The predicted molar refractivity (Wildman–Crippen MR) is 101 cm³/mol. The second kappa shape index (κ2) is 6.14. The molecule has 2 aliphatic heterocycles. The lowest BCUT2D eigenvalue weighted by atomic mass is 10.1. The van der Waals surface area contributed by atoms with E-state index in [0.29, 0.717) is 17.5 Å². The Morgan fingerprint density at radius 2 is 1.88 bits per heavy atom. The molecule has 2 N–H and O–H groups in total. The van der Waals surface area contributed by atoms with Crippen molar-refractivity contribution in [2.45, 2.75) is 0 Å². The Kier molecular flexibility index (Phi) is 3.82. The van der Waals surface area contributed by atoms with E-state index in [1.165, 1.54) is 0 Å². The van der Waals surface area contributed by atoms with Crippen molar-refractivity contribution in [1.82, 2.24) is 0 Å². The number of nitrogens with zero attached hydrogens (tertiary/aromatic N) is 4. The standard InChI is InChI=1S/C18H16ClN5O/c1-25-15-4-2-3-14(9-15)24-11-23(13-7-5-12(19)6-8-13)17(20)16-10-21-22-18(16)24/h2-10H,11,20H2,1H3. The summed E-state index contributed by atoms with van der Waals surface area (Å²) in [6, 6.07) is 15.4. The van der Waals surface area contributed by atoms with E-state index in [2.05, 4.69) is 15.1 Å². The fourth-order valence-corrected chi connectivity index (χ4v) is 3.01. The summed E-state index contributed by atoms with van der Waals surface area (Å²) in [6.45, 7) is 0.506. The normalized spacial score (nSPS) is 16.2. The summed E-state index contributed by atoms with van der Waals surface area (Å²) in [6.07, 6.45) is 1.68. The third kappa shape index (κ3) is 2.70. The van der Waals surface area contributed by atoms with Gasteiger partial charge in [-0.25, -0.2) is 0 Å². The zero-order valence-corrected chi connectivity index (χ0v) is 14.3. The fourth-order valence-electron chi connectivity index (χ4n) is 2.89. The zero-order valence-electron chi connectivity index (χ0n) is 13.6. The zero-order chi connectivity index (χ0) is 17.4. The van der Waals surface area contributed by atoms with E-state index in [1.54, 1.807) is 13.3 Å². The van der Waals surface area contributed by atoms with Crippen LogP contribution in [0.4, 0.5) is 11.4 Å². The van der Waals surface area contributed by atoms with Gasteiger partial charge in [-0.3, -0.25) is 0 Å². The van der Waals surface area contributed by atoms with Crippen molar-refractivity contribution < 1.29 is 4.74 Å².